The summed E-state index contributed by atoms with van der Waals surface area (Å²) in [5, 5.41) is 1.55. The molecule has 4 nitrogen and oxygen atoms in total. The minimum atomic E-state index is -3.25. The molecule has 134 valence electrons. The molecule has 0 saturated carbocycles. The van der Waals surface area contributed by atoms with Crippen LogP contribution in [0.15, 0.2) is 41.8 Å². The molecule has 1 aliphatic heterocycles. The van der Waals surface area contributed by atoms with Crippen LogP contribution in [-0.2, 0) is 9.84 Å². The van der Waals surface area contributed by atoms with Gasteiger partial charge in [-0.3, -0.25) is 4.79 Å². The largest absolute Gasteiger partial charge is 0.337 e. The van der Waals surface area contributed by atoms with Crippen LogP contribution in [0.3, 0.4) is 0 Å². The normalized spacial score (nSPS) is 18.5. The number of hydrogen-bond acceptors (Lipinski definition) is 4. The van der Waals surface area contributed by atoms with Gasteiger partial charge in [-0.05, 0) is 56.3 Å². The van der Waals surface area contributed by atoms with E-state index >= 15 is 0 Å². The highest BCUT2D eigenvalue weighted by Gasteiger charge is 2.41. The molecule has 1 aromatic carbocycles. The molecule has 2 aromatic rings. The maximum absolute atomic E-state index is 12.7. The molecule has 1 fully saturated rings. The van der Waals surface area contributed by atoms with Crippen LogP contribution in [0.1, 0.15) is 37.6 Å². The van der Waals surface area contributed by atoms with Crippen LogP contribution in [0.2, 0.25) is 0 Å². The third kappa shape index (κ3) is 3.51. The van der Waals surface area contributed by atoms with E-state index in [1.165, 1.54) is 0 Å². The van der Waals surface area contributed by atoms with Crippen molar-refractivity contribution >= 4 is 27.1 Å². The van der Waals surface area contributed by atoms with Gasteiger partial charge in [0.05, 0.1) is 10.00 Å². The molecule has 0 aliphatic carbocycles. The van der Waals surface area contributed by atoms with E-state index in [-0.39, 0.29) is 12.5 Å². The average Bonchev–Trinajstić information content (AvgIpc) is 3.25. The quantitative estimate of drug-likeness (QED) is 0.816. The predicted octanol–water partition coefficient (Wildman–Crippen LogP) is 3.84. The van der Waals surface area contributed by atoms with Crippen molar-refractivity contribution in [1.82, 2.24) is 4.90 Å². The van der Waals surface area contributed by atoms with E-state index in [9.17, 15) is 13.2 Å². The van der Waals surface area contributed by atoms with Gasteiger partial charge in [-0.2, -0.15) is 0 Å². The molecule has 1 amide bonds. The zero-order chi connectivity index (χ0) is 18.2. The van der Waals surface area contributed by atoms with E-state index in [0.29, 0.717) is 18.5 Å². The Morgan fingerprint density at radius 3 is 2.40 bits per heavy atom. The second kappa shape index (κ2) is 6.57. The maximum Gasteiger partial charge on any atom is 0.253 e. The SMILES string of the molecule is CC(C)(C)S(=O)(=O)C1CCN(C(=O)c2ccc(-c3cccs3)cc2)C1. The summed E-state index contributed by atoms with van der Waals surface area (Å²) in [5.41, 5.74) is 1.69. The first-order valence-corrected chi connectivity index (χ1v) is 10.8. The Balaban J connectivity index is 1.72. The van der Waals surface area contributed by atoms with Crippen LogP contribution < -0.4 is 0 Å². The molecule has 0 N–H and O–H groups in total. The van der Waals surface area contributed by atoms with Crippen LogP contribution in [0.4, 0.5) is 0 Å². The number of likely N-dealkylation sites (tertiary alicyclic amines) is 1. The molecular formula is C19H23NO3S2. The van der Waals surface area contributed by atoms with Gasteiger partial charge < -0.3 is 4.90 Å². The van der Waals surface area contributed by atoms with Gasteiger partial charge in [0, 0.05) is 23.5 Å². The molecule has 1 aromatic heterocycles. The highest BCUT2D eigenvalue weighted by atomic mass is 32.2. The molecule has 1 saturated heterocycles. The van der Waals surface area contributed by atoms with Crippen molar-refractivity contribution < 1.29 is 13.2 Å². The van der Waals surface area contributed by atoms with Gasteiger partial charge in [0.25, 0.3) is 5.91 Å². The third-order valence-corrected chi connectivity index (χ3v) is 8.55. The summed E-state index contributed by atoms with van der Waals surface area (Å²) in [7, 11) is -3.25. The van der Waals surface area contributed by atoms with Crippen LogP contribution >= 0.6 is 11.3 Å². The molecule has 1 aliphatic rings. The minimum Gasteiger partial charge on any atom is -0.337 e. The molecule has 1 atom stereocenters. The van der Waals surface area contributed by atoms with Gasteiger partial charge in [0.15, 0.2) is 9.84 Å². The van der Waals surface area contributed by atoms with Gasteiger partial charge in [-0.25, -0.2) is 8.42 Å². The molecular weight excluding hydrogens is 354 g/mol. The molecule has 0 bridgehead atoms. The number of benzene rings is 1. The van der Waals surface area contributed by atoms with Gasteiger partial charge >= 0.3 is 0 Å². The second-order valence-corrected chi connectivity index (χ2v) is 11.3. The number of nitrogens with zero attached hydrogens (tertiary/aromatic N) is 1. The summed E-state index contributed by atoms with van der Waals surface area (Å²) in [6.45, 7) is 5.93. The maximum atomic E-state index is 12.7. The Bertz CT molecular complexity index is 847. The van der Waals surface area contributed by atoms with Crippen molar-refractivity contribution in [2.45, 2.75) is 37.2 Å². The predicted molar refractivity (Wildman–Crippen MR) is 103 cm³/mol. The summed E-state index contributed by atoms with van der Waals surface area (Å²) in [4.78, 5) is 15.5. The first kappa shape index (κ1) is 18.1. The standard InChI is InChI=1S/C19H23NO3S2/c1-19(2,3)25(22,23)16-10-11-20(13-16)18(21)15-8-6-14(7-9-15)17-5-4-12-24-17/h4-9,12,16H,10-11,13H2,1-3H3. The van der Waals surface area contributed by atoms with Crippen molar-refractivity contribution in [3.63, 3.8) is 0 Å². The number of carbonyl (C=O) groups excluding carboxylic acids is 1. The lowest BCUT2D eigenvalue weighted by atomic mass is 10.1. The second-order valence-electron chi connectivity index (χ2n) is 7.37. The fourth-order valence-corrected chi connectivity index (χ4v) is 5.59. The lowest BCUT2D eigenvalue weighted by Crippen LogP contribution is -2.39. The number of thiophene rings is 1. The smallest absolute Gasteiger partial charge is 0.253 e. The molecule has 1 unspecified atom stereocenters. The zero-order valence-electron chi connectivity index (χ0n) is 14.7. The molecule has 3 rings (SSSR count). The zero-order valence-corrected chi connectivity index (χ0v) is 16.4. The fraction of sp³-hybridized carbons (Fsp3) is 0.421. The number of amides is 1. The molecule has 6 heteroatoms. The third-order valence-electron chi connectivity index (χ3n) is 4.66. The lowest BCUT2D eigenvalue weighted by molar-refractivity contribution is 0.0793. The summed E-state index contributed by atoms with van der Waals surface area (Å²) in [5.74, 6) is -0.0932. The average molecular weight is 378 g/mol. The Hall–Kier alpha value is -1.66. The molecule has 2 heterocycles. The van der Waals surface area contributed by atoms with Crippen molar-refractivity contribution in [3.8, 4) is 10.4 Å². The van der Waals surface area contributed by atoms with Gasteiger partial charge in [0.1, 0.15) is 0 Å². The number of carbonyl (C=O) groups is 1. The van der Waals surface area contributed by atoms with Gasteiger partial charge in [-0.1, -0.05) is 18.2 Å². The van der Waals surface area contributed by atoms with Crippen molar-refractivity contribution in [3.05, 3.63) is 47.3 Å². The summed E-state index contributed by atoms with van der Waals surface area (Å²) < 4.78 is 24.4. The summed E-state index contributed by atoms with van der Waals surface area (Å²) in [6, 6.07) is 11.6. The first-order chi connectivity index (χ1) is 11.7. The van der Waals surface area contributed by atoms with Gasteiger partial charge in [0.2, 0.25) is 0 Å². The Morgan fingerprint density at radius 2 is 1.84 bits per heavy atom. The lowest BCUT2D eigenvalue weighted by Gasteiger charge is -2.24. The Kier molecular flexibility index (Phi) is 4.77. The summed E-state index contributed by atoms with van der Waals surface area (Å²) in [6.07, 6.45) is 0.513. The van der Waals surface area contributed by atoms with Crippen LogP contribution in [-0.4, -0.2) is 42.3 Å². The van der Waals surface area contributed by atoms with Crippen molar-refractivity contribution in [1.29, 1.82) is 0 Å². The highest BCUT2D eigenvalue weighted by molar-refractivity contribution is 7.93. The summed E-state index contributed by atoms with van der Waals surface area (Å²) >= 11 is 1.66. The van der Waals surface area contributed by atoms with Gasteiger partial charge in [-0.15, -0.1) is 11.3 Å². The number of hydrogen-bond donors (Lipinski definition) is 0. The Labute approximate surface area is 153 Å². The first-order valence-electron chi connectivity index (χ1n) is 8.37. The van der Waals surface area contributed by atoms with Crippen LogP contribution in [0.25, 0.3) is 10.4 Å². The highest BCUT2D eigenvalue weighted by Crippen LogP contribution is 2.29. The van der Waals surface area contributed by atoms with E-state index < -0.39 is 19.8 Å². The van der Waals surface area contributed by atoms with Crippen molar-refractivity contribution in [2.75, 3.05) is 13.1 Å². The van der Waals surface area contributed by atoms with Crippen LogP contribution in [0.5, 0.6) is 0 Å². The van der Waals surface area contributed by atoms with Crippen molar-refractivity contribution in [2.24, 2.45) is 0 Å². The topological polar surface area (TPSA) is 54.5 Å². The minimum absolute atomic E-state index is 0.0932. The number of rotatable bonds is 3. The van der Waals surface area contributed by atoms with E-state index in [2.05, 4.69) is 0 Å². The van der Waals surface area contributed by atoms with E-state index in [1.807, 2.05) is 41.8 Å². The Morgan fingerprint density at radius 1 is 1.16 bits per heavy atom. The van der Waals surface area contributed by atoms with Crippen LogP contribution in [0, 0.1) is 0 Å². The molecule has 0 radical (unpaired) electrons. The molecule has 25 heavy (non-hydrogen) atoms. The fourth-order valence-electron chi connectivity index (χ4n) is 3.07. The van der Waals surface area contributed by atoms with E-state index in [0.717, 1.165) is 10.4 Å². The number of sulfone groups is 1. The molecule has 0 spiro atoms. The van der Waals surface area contributed by atoms with E-state index in [4.69, 9.17) is 0 Å². The van der Waals surface area contributed by atoms with E-state index in [1.54, 1.807) is 37.0 Å². The monoisotopic (exact) mass is 377 g/mol.